The number of aromatic nitrogens is 2. The summed E-state index contributed by atoms with van der Waals surface area (Å²) < 4.78 is 68.2. The molecule has 0 unspecified atom stereocenters. The van der Waals surface area contributed by atoms with E-state index in [0.29, 0.717) is 27.0 Å². The van der Waals surface area contributed by atoms with E-state index in [9.17, 15) is 26.7 Å². The molecule has 3 aromatic rings. The summed E-state index contributed by atoms with van der Waals surface area (Å²) in [6.45, 7) is 4.18. The second kappa shape index (κ2) is 9.67. The van der Waals surface area contributed by atoms with E-state index in [0.717, 1.165) is 12.1 Å². The third-order valence-electron chi connectivity index (χ3n) is 4.08. The number of hydrogen-bond donors (Lipinski definition) is 2. The van der Waals surface area contributed by atoms with Gasteiger partial charge in [0.15, 0.2) is 0 Å². The molecule has 2 heterocycles. The number of hydrogen-bond acceptors (Lipinski definition) is 6. The van der Waals surface area contributed by atoms with Gasteiger partial charge in [-0.15, -0.1) is 12.6 Å². The lowest BCUT2D eigenvalue weighted by atomic mass is 10.2. The zero-order valence-electron chi connectivity index (χ0n) is 17.4. The number of thiol groups is 1. The van der Waals surface area contributed by atoms with E-state index in [4.69, 9.17) is 0 Å². The van der Waals surface area contributed by atoms with E-state index in [1.807, 2.05) is 13.8 Å². The van der Waals surface area contributed by atoms with Gasteiger partial charge in [-0.1, -0.05) is 25.2 Å². The number of carbonyl (C=O) groups excluding carboxylic acids is 1. The van der Waals surface area contributed by atoms with E-state index in [1.165, 1.54) is 28.4 Å². The molecule has 0 saturated carbocycles. The molecule has 2 amide bonds. The van der Waals surface area contributed by atoms with E-state index in [-0.39, 0.29) is 11.6 Å². The second-order valence-electron chi connectivity index (χ2n) is 7.48. The molecule has 3 rings (SSSR count). The maximum atomic E-state index is 13.4. The summed E-state index contributed by atoms with van der Waals surface area (Å²) in [5.74, 6) is 0.0142. The summed E-state index contributed by atoms with van der Waals surface area (Å²) >= 11 is 5.47. The van der Waals surface area contributed by atoms with Crippen LogP contribution in [0.1, 0.15) is 20.3 Å². The third-order valence-corrected chi connectivity index (χ3v) is 5.22. The number of carbonyl (C=O) groups is 1. The summed E-state index contributed by atoms with van der Waals surface area (Å²) in [6.07, 6.45) is -11.9. The van der Waals surface area contributed by atoms with Crippen LogP contribution in [0.3, 0.4) is 0 Å². The van der Waals surface area contributed by atoms with Crippen LogP contribution in [0.15, 0.2) is 40.7 Å². The Morgan fingerprint density at radius 2 is 1.79 bits per heavy atom. The Morgan fingerprint density at radius 3 is 2.39 bits per heavy atom. The van der Waals surface area contributed by atoms with Crippen LogP contribution in [0.25, 0.3) is 10.3 Å². The van der Waals surface area contributed by atoms with Gasteiger partial charge in [-0.3, -0.25) is 4.90 Å². The highest BCUT2D eigenvalue weighted by molar-refractivity contribution is 7.82. The number of alkyl halides is 5. The third kappa shape index (κ3) is 7.16. The molecule has 0 spiro atoms. The van der Waals surface area contributed by atoms with E-state index in [2.05, 4.69) is 32.7 Å². The molecule has 33 heavy (non-hydrogen) atoms. The Balaban J connectivity index is 1.73. The quantitative estimate of drug-likeness (QED) is 0.280. The first-order chi connectivity index (χ1) is 15.3. The van der Waals surface area contributed by atoms with Crippen molar-refractivity contribution in [2.24, 2.45) is 5.92 Å². The molecule has 2 aromatic heterocycles. The maximum absolute atomic E-state index is 13.4. The molecule has 1 N–H and O–H groups in total. The topological polar surface area (TPSA) is 67.4 Å². The van der Waals surface area contributed by atoms with Gasteiger partial charge in [0, 0.05) is 12.2 Å². The highest BCUT2D eigenvalue weighted by Crippen LogP contribution is 2.34. The molecule has 0 atom stereocenters. The van der Waals surface area contributed by atoms with Crippen LogP contribution in [-0.2, 0) is 0 Å². The van der Waals surface area contributed by atoms with Crippen molar-refractivity contribution in [3.05, 3.63) is 36.4 Å². The summed E-state index contributed by atoms with van der Waals surface area (Å²) in [6, 6.07) is 7.43. The average Bonchev–Trinajstić information content (AvgIpc) is 3.04. The Morgan fingerprint density at radius 1 is 1.12 bits per heavy atom. The van der Waals surface area contributed by atoms with Gasteiger partial charge in [0.2, 0.25) is 0 Å². The van der Waals surface area contributed by atoms with E-state index < -0.39 is 30.5 Å². The lowest BCUT2D eigenvalue weighted by Gasteiger charge is -2.24. The highest BCUT2D eigenvalue weighted by atomic mass is 32.2. The Labute approximate surface area is 195 Å². The number of pyridine rings is 1. The van der Waals surface area contributed by atoms with Gasteiger partial charge in [0.25, 0.3) is 0 Å². The number of thiazole rings is 1. The van der Waals surface area contributed by atoms with Crippen LogP contribution < -0.4 is 15.0 Å². The number of fused-ring (bicyclic) bond motifs is 1. The van der Waals surface area contributed by atoms with E-state index in [1.54, 1.807) is 12.1 Å². The van der Waals surface area contributed by atoms with Gasteiger partial charge >= 0.3 is 18.3 Å². The van der Waals surface area contributed by atoms with Crippen molar-refractivity contribution in [1.82, 2.24) is 9.97 Å². The highest BCUT2D eigenvalue weighted by Gasteiger charge is 2.45. The molecule has 0 fully saturated rings. The van der Waals surface area contributed by atoms with Gasteiger partial charge < -0.3 is 10.1 Å². The number of halogens is 5. The first kappa shape index (κ1) is 25.0. The van der Waals surface area contributed by atoms with Crippen molar-refractivity contribution in [3.8, 4) is 5.75 Å². The summed E-state index contributed by atoms with van der Waals surface area (Å²) in [5.41, 5.74) is 0.883. The molecule has 6 nitrogen and oxygen atoms in total. The molecule has 0 saturated heterocycles. The van der Waals surface area contributed by atoms with Gasteiger partial charge in [-0.25, -0.2) is 14.8 Å². The fourth-order valence-electron chi connectivity index (χ4n) is 2.83. The number of urea groups is 1. The molecule has 178 valence electrons. The number of nitrogens with one attached hydrogen (secondary N) is 1. The molecule has 0 aliphatic rings. The van der Waals surface area contributed by atoms with Crippen LogP contribution in [0.4, 0.5) is 38.3 Å². The van der Waals surface area contributed by atoms with Crippen LogP contribution in [0.2, 0.25) is 0 Å². The first-order valence-electron chi connectivity index (χ1n) is 9.60. The lowest BCUT2D eigenvalue weighted by molar-refractivity contribution is -0.255. The number of anilines is 2. The Hall–Kier alpha value is -2.67. The number of benzene rings is 1. The summed E-state index contributed by atoms with van der Waals surface area (Å²) in [5, 5.41) is 2.62. The number of ether oxygens (including phenoxy) is 1. The van der Waals surface area contributed by atoms with Crippen LogP contribution in [-0.4, -0.2) is 34.8 Å². The fraction of sp³-hybridized carbons (Fsp3) is 0.350. The fourth-order valence-corrected chi connectivity index (χ4v) is 3.87. The molecular weight excluding hydrogens is 487 g/mol. The number of nitrogens with zero attached hydrogens (tertiary/aromatic N) is 3. The first-order valence-corrected chi connectivity index (χ1v) is 10.9. The van der Waals surface area contributed by atoms with Crippen molar-refractivity contribution in [3.63, 3.8) is 0 Å². The number of rotatable bonds is 7. The normalized spacial score (nSPS) is 12.3. The molecule has 0 aliphatic carbocycles. The van der Waals surface area contributed by atoms with Crippen molar-refractivity contribution < 1.29 is 31.5 Å². The van der Waals surface area contributed by atoms with Crippen LogP contribution >= 0.6 is 24.0 Å². The maximum Gasteiger partial charge on any atom is 0.406 e. The minimum absolute atomic E-state index is 0.0989. The predicted octanol–water partition coefficient (Wildman–Crippen LogP) is 6.60. The van der Waals surface area contributed by atoms with Gasteiger partial charge in [-0.05, 0) is 42.3 Å². The molecular formula is C20H19F5N4O2S2. The Bertz CT molecular complexity index is 1120. The standard InChI is InChI=1S/C20H19F5N4O2S2/c1-11(2)9-29(15-8-7-14-16(28-15)33-18(32)27-14)17(30)26-12-3-5-13(6-4-12)31-20(24,25)10-19(21,22)23/h3-8,11H,9-10H2,1-2H3,(H,26,30)(H,27,32). The Kier molecular flexibility index (Phi) is 7.32. The molecule has 13 heteroatoms. The van der Waals surface area contributed by atoms with Crippen LogP contribution in [0.5, 0.6) is 5.75 Å². The molecule has 0 radical (unpaired) electrons. The van der Waals surface area contributed by atoms with Crippen molar-refractivity contribution in [1.29, 1.82) is 0 Å². The lowest BCUT2D eigenvalue weighted by Crippen LogP contribution is -2.38. The smallest absolute Gasteiger partial charge is 0.406 e. The molecule has 0 aliphatic heterocycles. The molecule has 0 bridgehead atoms. The van der Waals surface area contributed by atoms with Gasteiger partial charge in [0.1, 0.15) is 32.7 Å². The van der Waals surface area contributed by atoms with Crippen LogP contribution in [0, 0.1) is 5.92 Å². The van der Waals surface area contributed by atoms with Crippen molar-refractivity contribution >= 4 is 51.8 Å². The van der Waals surface area contributed by atoms with Gasteiger partial charge in [-0.2, -0.15) is 22.0 Å². The molecule has 1 aromatic carbocycles. The monoisotopic (exact) mass is 506 g/mol. The predicted molar refractivity (Wildman–Crippen MR) is 119 cm³/mol. The summed E-state index contributed by atoms with van der Waals surface area (Å²) in [4.78, 5) is 23.6. The SMILES string of the molecule is CC(C)CN(C(=O)Nc1ccc(OC(F)(F)CC(F)(F)F)cc1)c1ccc2nc(S)sc2n1. The minimum Gasteiger partial charge on any atom is -0.432 e. The summed E-state index contributed by atoms with van der Waals surface area (Å²) in [7, 11) is 0. The zero-order chi connectivity index (χ0) is 24.4. The largest absolute Gasteiger partial charge is 0.432 e. The van der Waals surface area contributed by atoms with E-state index >= 15 is 0 Å². The number of amides is 2. The second-order valence-corrected chi connectivity index (χ2v) is 9.18. The zero-order valence-corrected chi connectivity index (χ0v) is 19.1. The van der Waals surface area contributed by atoms with Gasteiger partial charge in [0.05, 0.1) is 0 Å². The minimum atomic E-state index is -5.08. The van der Waals surface area contributed by atoms with Crippen molar-refractivity contribution in [2.75, 3.05) is 16.8 Å². The average molecular weight is 507 g/mol. The van der Waals surface area contributed by atoms with Crippen molar-refractivity contribution in [2.45, 2.75) is 36.9 Å².